The van der Waals surface area contributed by atoms with E-state index >= 15 is 0 Å². The van der Waals surface area contributed by atoms with Gasteiger partial charge in [-0.3, -0.25) is 4.79 Å². The smallest absolute Gasteiger partial charge is 0.247 e. The molecule has 1 amide bonds. The Morgan fingerprint density at radius 2 is 1.88 bits per heavy atom. The van der Waals surface area contributed by atoms with E-state index in [0.29, 0.717) is 19.7 Å². The molecule has 5 heteroatoms. The molecule has 1 fully saturated rings. The van der Waals surface area contributed by atoms with Crippen LogP contribution in [-0.4, -0.2) is 30.5 Å². The summed E-state index contributed by atoms with van der Waals surface area (Å²) in [5.41, 5.74) is 6.88. The molecule has 126 valence electrons. The first kappa shape index (κ1) is 16.6. The quantitative estimate of drug-likeness (QED) is 0.942. The van der Waals surface area contributed by atoms with Crippen LogP contribution in [0.3, 0.4) is 0 Å². The largest absolute Gasteiger partial charge is 0.370 e. The van der Waals surface area contributed by atoms with Crippen molar-refractivity contribution in [2.45, 2.75) is 18.6 Å². The molecular weight excluding hydrogens is 307 g/mol. The third-order valence-electron chi connectivity index (χ3n) is 4.41. The number of hydrogen-bond donors (Lipinski definition) is 1. The van der Waals surface area contributed by atoms with E-state index in [1.807, 2.05) is 30.3 Å². The molecule has 24 heavy (non-hydrogen) atoms. The van der Waals surface area contributed by atoms with Crippen LogP contribution in [-0.2, 0) is 15.1 Å². The van der Waals surface area contributed by atoms with E-state index in [9.17, 15) is 9.18 Å². The molecular formula is C19H21FN2O2. The lowest BCUT2D eigenvalue weighted by atomic mass is 9.91. The minimum Gasteiger partial charge on any atom is -0.370 e. The van der Waals surface area contributed by atoms with E-state index in [1.165, 1.54) is 12.1 Å². The second-order valence-corrected chi connectivity index (χ2v) is 6.23. The van der Waals surface area contributed by atoms with Gasteiger partial charge in [0.2, 0.25) is 5.91 Å². The number of morpholine rings is 1. The number of nitrogens with two attached hydrogens (primary N) is 1. The number of nitrogens with zero attached hydrogens (tertiary/aromatic N) is 1. The molecule has 4 nitrogen and oxygen atoms in total. The van der Waals surface area contributed by atoms with Crippen molar-refractivity contribution in [2.75, 3.05) is 19.7 Å². The summed E-state index contributed by atoms with van der Waals surface area (Å²) in [5.74, 6) is -0.426. The summed E-state index contributed by atoms with van der Waals surface area (Å²) in [6.45, 7) is 3.06. The predicted octanol–water partition coefficient (Wildman–Crippen LogP) is 2.60. The zero-order valence-corrected chi connectivity index (χ0v) is 13.6. The normalized spacial score (nSPS) is 20.5. The fourth-order valence-electron chi connectivity index (χ4n) is 2.95. The molecule has 0 radical (unpaired) electrons. The van der Waals surface area contributed by atoms with Gasteiger partial charge in [0.15, 0.2) is 0 Å². The van der Waals surface area contributed by atoms with Gasteiger partial charge in [-0.15, -0.1) is 0 Å². The summed E-state index contributed by atoms with van der Waals surface area (Å²) < 4.78 is 18.8. The van der Waals surface area contributed by atoms with E-state index in [1.54, 1.807) is 24.0 Å². The highest BCUT2D eigenvalue weighted by molar-refractivity contribution is 5.87. The fourth-order valence-corrected chi connectivity index (χ4v) is 2.95. The number of carbonyl (C=O) groups is 1. The molecule has 3 rings (SSSR count). The van der Waals surface area contributed by atoms with Gasteiger partial charge in [-0.1, -0.05) is 42.5 Å². The maximum atomic E-state index is 13.1. The predicted molar refractivity (Wildman–Crippen MR) is 89.7 cm³/mol. The van der Waals surface area contributed by atoms with E-state index in [-0.39, 0.29) is 17.8 Å². The van der Waals surface area contributed by atoms with Crippen LogP contribution in [0.15, 0.2) is 54.6 Å². The Morgan fingerprint density at radius 3 is 2.54 bits per heavy atom. The molecule has 1 saturated heterocycles. The van der Waals surface area contributed by atoms with Gasteiger partial charge < -0.3 is 15.4 Å². The lowest BCUT2D eigenvalue weighted by Crippen LogP contribution is -2.54. The highest BCUT2D eigenvalue weighted by atomic mass is 19.1. The van der Waals surface area contributed by atoms with E-state index in [4.69, 9.17) is 10.5 Å². The first-order chi connectivity index (χ1) is 11.5. The zero-order valence-electron chi connectivity index (χ0n) is 13.6. The average molecular weight is 328 g/mol. The third kappa shape index (κ3) is 3.32. The number of halogens is 1. The topological polar surface area (TPSA) is 55.6 Å². The van der Waals surface area contributed by atoms with Gasteiger partial charge in [0.25, 0.3) is 0 Å². The summed E-state index contributed by atoms with van der Waals surface area (Å²) in [6.07, 6.45) is -0.269. The first-order valence-electron chi connectivity index (χ1n) is 7.99. The van der Waals surface area contributed by atoms with E-state index < -0.39 is 5.54 Å². The summed E-state index contributed by atoms with van der Waals surface area (Å²) in [5, 5.41) is 0. The summed E-state index contributed by atoms with van der Waals surface area (Å²) in [4.78, 5) is 14.7. The second-order valence-electron chi connectivity index (χ2n) is 6.23. The van der Waals surface area contributed by atoms with Gasteiger partial charge in [-0.05, 0) is 30.2 Å². The number of benzene rings is 2. The van der Waals surface area contributed by atoms with Gasteiger partial charge in [0, 0.05) is 6.54 Å². The van der Waals surface area contributed by atoms with Crippen LogP contribution >= 0.6 is 0 Å². The summed E-state index contributed by atoms with van der Waals surface area (Å²) >= 11 is 0. The average Bonchev–Trinajstić information content (AvgIpc) is 2.62. The fraction of sp³-hybridized carbons (Fsp3) is 0.316. The maximum Gasteiger partial charge on any atom is 0.247 e. The molecule has 2 unspecified atom stereocenters. The Labute approximate surface area is 141 Å². The molecule has 2 aromatic carbocycles. The lowest BCUT2D eigenvalue weighted by molar-refractivity contribution is -0.144. The Balaban J connectivity index is 1.76. The van der Waals surface area contributed by atoms with Crippen molar-refractivity contribution in [3.05, 3.63) is 71.5 Å². The standard InChI is InChI=1S/C19H21FN2O2/c1-19(21,15-5-3-2-4-6-15)18(23)22-11-12-24-17(13-22)14-7-9-16(20)10-8-14/h2-10,17H,11-13,21H2,1H3. The number of ether oxygens (including phenoxy) is 1. The first-order valence-corrected chi connectivity index (χ1v) is 7.99. The molecule has 1 aliphatic rings. The van der Waals surface area contributed by atoms with Gasteiger partial charge in [-0.2, -0.15) is 0 Å². The van der Waals surface area contributed by atoms with E-state index in [2.05, 4.69) is 0 Å². The van der Waals surface area contributed by atoms with Crippen LogP contribution in [0.2, 0.25) is 0 Å². The van der Waals surface area contributed by atoms with Crippen LogP contribution < -0.4 is 5.73 Å². The molecule has 2 aromatic rings. The lowest BCUT2D eigenvalue weighted by Gasteiger charge is -2.37. The highest BCUT2D eigenvalue weighted by Crippen LogP contribution is 2.26. The molecule has 1 heterocycles. The molecule has 0 aromatic heterocycles. The minimum atomic E-state index is -1.09. The van der Waals surface area contributed by atoms with Gasteiger partial charge in [0.1, 0.15) is 17.5 Å². The SMILES string of the molecule is CC(N)(C(=O)N1CCOC(c2ccc(F)cc2)C1)c1ccccc1. The number of rotatable bonds is 3. The molecule has 2 N–H and O–H groups in total. The summed E-state index contributed by atoms with van der Waals surface area (Å²) in [7, 11) is 0. The minimum absolute atomic E-state index is 0.135. The Hall–Kier alpha value is -2.24. The van der Waals surface area contributed by atoms with Crippen molar-refractivity contribution in [1.29, 1.82) is 0 Å². The van der Waals surface area contributed by atoms with E-state index in [0.717, 1.165) is 11.1 Å². The molecule has 1 aliphatic heterocycles. The Bertz CT molecular complexity index is 701. The molecule has 0 saturated carbocycles. The number of carbonyl (C=O) groups excluding carboxylic acids is 1. The highest BCUT2D eigenvalue weighted by Gasteiger charge is 2.37. The van der Waals surface area contributed by atoms with Crippen molar-refractivity contribution in [2.24, 2.45) is 5.73 Å². The van der Waals surface area contributed by atoms with Crippen molar-refractivity contribution in [1.82, 2.24) is 4.90 Å². The van der Waals surface area contributed by atoms with Crippen molar-refractivity contribution in [3.8, 4) is 0 Å². The van der Waals surface area contributed by atoms with Crippen LogP contribution in [0, 0.1) is 5.82 Å². The Morgan fingerprint density at radius 1 is 1.21 bits per heavy atom. The third-order valence-corrected chi connectivity index (χ3v) is 4.41. The Kier molecular flexibility index (Phi) is 4.64. The van der Waals surface area contributed by atoms with Crippen molar-refractivity contribution in [3.63, 3.8) is 0 Å². The van der Waals surface area contributed by atoms with Gasteiger partial charge in [0.05, 0.1) is 13.2 Å². The van der Waals surface area contributed by atoms with Crippen molar-refractivity contribution < 1.29 is 13.9 Å². The van der Waals surface area contributed by atoms with Crippen LogP contribution in [0.1, 0.15) is 24.2 Å². The number of hydrogen-bond acceptors (Lipinski definition) is 3. The van der Waals surface area contributed by atoms with Crippen LogP contribution in [0.4, 0.5) is 4.39 Å². The molecule has 0 bridgehead atoms. The number of amides is 1. The van der Waals surface area contributed by atoms with Crippen LogP contribution in [0.25, 0.3) is 0 Å². The molecule has 2 atom stereocenters. The monoisotopic (exact) mass is 328 g/mol. The van der Waals surface area contributed by atoms with Crippen LogP contribution in [0.5, 0.6) is 0 Å². The van der Waals surface area contributed by atoms with Gasteiger partial charge >= 0.3 is 0 Å². The maximum absolute atomic E-state index is 13.1. The molecule has 0 spiro atoms. The summed E-state index contributed by atoms with van der Waals surface area (Å²) in [6, 6.07) is 15.5. The zero-order chi connectivity index (χ0) is 17.2. The second kappa shape index (κ2) is 6.71. The molecule has 0 aliphatic carbocycles. The van der Waals surface area contributed by atoms with Crippen molar-refractivity contribution >= 4 is 5.91 Å². The van der Waals surface area contributed by atoms with Gasteiger partial charge in [-0.25, -0.2) is 4.39 Å².